The first-order valence-corrected chi connectivity index (χ1v) is 6.92. The summed E-state index contributed by atoms with van der Waals surface area (Å²) in [5.74, 6) is 0.450. The Labute approximate surface area is 115 Å². The first kappa shape index (κ1) is 14.3. The molecule has 0 amide bonds. The summed E-state index contributed by atoms with van der Waals surface area (Å²) < 4.78 is 14.1. The van der Waals surface area contributed by atoms with Gasteiger partial charge in [0.15, 0.2) is 0 Å². The van der Waals surface area contributed by atoms with Crippen LogP contribution < -0.4 is 10.6 Å². The van der Waals surface area contributed by atoms with Crippen LogP contribution in [0, 0.1) is 11.7 Å². The number of halogens is 1. The van der Waals surface area contributed by atoms with Gasteiger partial charge in [0, 0.05) is 26.2 Å². The maximum absolute atomic E-state index is 14.1. The first-order valence-electron chi connectivity index (χ1n) is 6.92. The molecule has 1 aromatic carbocycles. The van der Waals surface area contributed by atoms with E-state index in [1.165, 1.54) is 6.42 Å². The minimum atomic E-state index is -0.177. The maximum atomic E-state index is 14.1. The number of rotatable bonds is 4. The highest BCUT2D eigenvalue weighted by atomic mass is 19.1. The lowest BCUT2D eigenvalue weighted by atomic mass is 10.1. The molecule has 0 bridgehead atoms. The van der Waals surface area contributed by atoms with E-state index in [1.807, 2.05) is 31.0 Å². The molecule has 4 heteroatoms. The molecule has 2 N–H and O–H groups in total. The van der Waals surface area contributed by atoms with Crippen LogP contribution >= 0.6 is 0 Å². The molecule has 1 saturated heterocycles. The molecule has 0 spiro atoms. The third-order valence-electron chi connectivity index (χ3n) is 3.93. The van der Waals surface area contributed by atoms with Crippen molar-refractivity contribution in [2.75, 3.05) is 38.6 Å². The average molecular weight is 265 g/mol. The molecule has 1 unspecified atom stereocenters. The van der Waals surface area contributed by atoms with Crippen molar-refractivity contribution >= 4 is 5.69 Å². The highest BCUT2D eigenvalue weighted by Crippen LogP contribution is 2.24. The van der Waals surface area contributed by atoms with Crippen molar-refractivity contribution in [2.24, 2.45) is 11.7 Å². The smallest absolute Gasteiger partial charge is 0.146 e. The second-order valence-electron chi connectivity index (χ2n) is 5.80. The van der Waals surface area contributed by atoms with Gasteiger partial charge in [-0.05, 0) is 50.6 Å². The number of hydrogen-bond acceptors (Lipinski definition) is 3. The van der Waals surface area contributed by atoms with E-state index >= 15 is 0 Å². The zero-order chi connectivity index (χ0) is 14.0. The van der Waals surface area contributed by atoms with Gasteiger partial charge in [-0.25, -0.2) is 4.39 Å². The van der Waals surface area contributed by atoms with E-state index < -0.39 is 0 Å². The molecule has 1 aliphatic heterocycles. The predicted molar refractivity (Wildman–Crippen MR) is 77.9 cm³/mol. The first-order chi connectivity index (χ1) is 8.97. The van der Waals surface area contributed by atoms with E-state index in [2.05, 4.69) is 11.9 Å². The Balaban J connectivity index is 2.04. The van der Waals surface area contributed by atoms with Gasteiger partial charge in [-0.3, -0.25) is 0 Å². The monoisotopic (exact) mass is 265 g/mol. The van der Waals surface area contributed by atoms with Crippen molar-refractivity contribution in [2.45, 2.75) is 19.4 Å². The maximum Gasteiger partial charge on any atom is 0.146 e. The van der Waals surface area contributed by atoms with Crippen molar-refractivity contribution in [1.82, 2.24) is 4.90 Å². The summed E-state index contributed by atoms with van der Waals surface area (Å²) in [4.78, 5) is 4.35. The van der Waals surface area contributed by atoms with E-state index in [9.17, 15) is 4.39 Å². The molecule has 2 rings (SSSR count). The number of hydrogen-bond donors (Lipinski definition) is 1. The molecule has 0 aliphatic carbocycles. The van der Waals surface area contributed by atoms with E-state index in [1.54, 1.807) is 6.07 Å². The Morgan fingerprint density at radius 2 is 2.26 bits per heavy atom. The third kappa shape index (κ3) is 3.45. The van der Waals surface area contributed by atoms with Crippen LogP contribution in [-0.4, -0.2) is 38.6 Å². The molecule has 1 fully saturated rings. The van der Waals surface area contributed by atoms with Crippen LogP contribution in [0.15, 0.2) is 18.2 Å². The van der Waals surface area contributed by atoms with Crippen LogP contribution in [-0.2, 0) is 0 Å². The van der Waals surface area contributed by atoms with Crippen LogP contribution in [0.5, 0.6) is 0 Å². The lowest BCUT2D eigenvalue weighted by Crippen LogP contribution is -2.28. The molecule has 1 heterocycles. The summed E-state index contributed by atoms with van der Waals surface area (Å²) >= 11 is 0. The Morgan fingerprint density at radius 1 is 1.53 bits per heavy atom. The third-order valence-corrected chi connectivity index (χ3v) is 3.93. The minimum Gasteiger partial charge on any atom is -0.372 e. The summed E-state index contributed by atoms with van der Waals surface area (Å²) in [5, 5.41) is 0. The molecule has 0 radical (unpaired) electrons. The van der Waals surface area contributed by atoms with Gasteiger partial charge < -0.3 is 15.5 Å². The fourth-order valence-corrected chi connectivity index (χ4v) is 2.78. The normalized spacial score (nSPS) is 21.6. The molecule has 0 saturated carbocycles. The SMILES string of the molecule is C[C@H](N)c1ccc(N(C)CC2CCN(C)C2)c(F)c1. The number of benzene rings is 1. The summed E-state index contributed by atoms with van der Waals surface area (Å²) in [5.41, 5.74) is 7.28. The minimum absolute atomic E-state index is 0.127. The highest BCUT2D eigenvalue weighted by molar-refractivity contribution is 5.49. The van der Waals surface area contributed by atoms with Gasteiger partial charge in [0.25, 0.3) is 0 Å². The van der Waals surface area contributed by atoms with Crippen LogP contribution in [0.1, 0.15) is 24.9 Å². The Morgan fingerprint density at radius 3 is 2.79 bits per heavy atom. The Kier molecular flexibility index (Phi) is 4.42. The molecule has 106 valence electrons. The highest BCUT2D eigenvalue weighted by Gasteiger charge is 2.21. The van der Waals surface area contributed by atoms with Gasteiger partial charge in [-0.1, -0.05) is 6.07 Å². The fraction of sp³-hybridized carbons (Fsp3) is 0.600. The molecule has 2 atom stereocenters. The molecule has 1 aromatic rings. The Hall–Kier alpha value is -1.13. The number of nitrogens with two attached hydrogens (primary N) is 1. The van der Waals surface area contributed by atoms with Crippen molar-refractivity contribution in [3.8, 4) is 0 Å². The van der Waals surface area contributed by atoms with Gasteiger partial charge in [-0.15, -0.1) is 0 Å². The number of anilines is 1. The second-order valence-corrected chi connectivity index (χ2v) is 5.80. The summed E-state index contributed by atoms with van der Waals surface area (Å²) in [6.07, 6.45) is 1.19. The predicted octanol–water partition coefficient (Wildman–Crippen LogP) is 2.23. The Bertz CT molecular complexity index is 433. The van der Waals surface area contributed by atoms with E-state index in [0.717, 1.165) is 25.2 Å². The summed E-state index contributed by atoms with van der Waals surface area (Å²) in [7, 11) is 4.10. The quantitative estimate of drug-likeness (QED) is 0.906. The molecule has 0 aromatic heterocycles. The van der Waals surface area contributed by atoms with Gasteiger partial charge in [0.2, 0.25) is 0 Å². The van der Waals surface area contributed by atoms with Gasteiger partial charge in [0.1, 0.15) is 5.82 Å². The zero-order valence-corrected chi connectivity index (χ0v) is 12.1. The van der Waals surface area contributed by atoms with Gasteiger partial charge in [0.05, 0.1) is 5.69 Å². The van der Waals surface area contributed by atoms with Crippen molar-refractivity contribution in [3.05, 3.63) is 29.6 Å². The van der Waals surface area contributed by atoms with Gasteiger partial charge >= 0.3 is 0 Å². The standard InChI is InChI=1S/C15H24FN3/c1-11(17)13-4-5-15(14(16)8-13)19(3)10-12-6-7-18(2)9-12/h4-5,8,11-12H,6-7,9-10,17H2,1-3H3/t11-,12?/m0/s1. The molecule has 3 nitrogen and oxygen atoms in total. The van der Waals surface area contributed by atoms with Crippen LogP contribution in [0.3, 0.4) is 0 Å². The van der Waals surface area contributed by atoms with E-state index in [4.69, 9.17) is 5.73 Å². The van der Waals surface area contributed by atoms with Crippen molar-refractivity contribution in [3.63, 3.8) is 0 Å². The lowest BCUT2D eigenvalue weighted by molar-refractivity contribution is 0.395. The van der Waals surface area contributed by atoms with Crippen molar-refractivity contribution < 1.29 is 4.39 Å². The zero-order valence-electron chi connectivity index (χ0n) is 12.1. The molecular weight excluding hydrogens is 241 g/mol. The fourth-order valence-electron chi connectivity index (χ4n) is 2.78. The number of nitrogens with zero attached hydrogens (tertiary/aromatic N) is 2. The largest absolute Gasteiger partial charge is 0.372 e. The molecular formula is C15H24FN3. The number of likely N-dealkylation sites (tertiary alicyclic amines) is 1. The average Bonchev–Trinajstić information content (AvgIpc) is 2.74. The van der Waals surface area contributed by atoms with Crippen molar-refractivity contribution in [1.29, 1.82) is 0 Å². The second kappa shape index (κ2) is 5.88. The van der Waals surface area contributed by atoms with Crippen LogP contribution in [0.4, 0.5) is 10.1 Å². The molecule has 1 aliphatic rings. The molecule has 19 heavy (non-hydrogen) atoms. The van der Waals surface area contributed by atoms with Crippen LogP contribution in [0.2, 0.25) is 0 Å². The lowest BCUT2D eigenvalue weighted by Gasteiger charge is -2.24. The summed E-state index contributed by atoms with van der Waals surface area (Å²) in [6.45, 7) is 5.01. The van der Waals surface area contributed by atoms with Gasteiger partial charge in [-0.2, -0.15) is 0 Å². The summed E-state index contributed by atoms with van der Waals surface area (Å²) in [6, 6.07) is 5.18. The van der Waals surface area contributed by atoms with Crippen LogP contribution in [0.25, 0.3) is 0 Å². The van der Waals surface area contributed by atoms with E-state index in [0.29, 0.717) is 11.6 Å². The topological polar surface area (TPSA) is 32.5 Å². The van der Waals surface area contributed by atoms with E-state index in [-0.39, 0.29) is 11.9 Å².